The van der Waals surface area contributed by atoms with Crippen molar-refractivity contribution in [2.75, 3.05) is 10.5 Å². The van der Waals surface area contributed by atoms with Crippen molar-refractivity contribution in [2.24, 2.45) is 0 Å². The highest BCUT2D eigenvalue weighted by Gasteiger charge is 2.15. The van der Waals surface area contributed by atoms with Crippen molar-refractivity contribution in [3.05, 3.63) is 83.4 Å². The van der Waals surface area contributed by atoms with Gasteiger partial charge in [0.1, 0.15) is 11.5 Å². The number of ketones is 1. The molecule has 6 nitrogen and oxygen atoms in total. The van der Waals surface area contributed by atoms with Crippen LogP contribution in [0.2, 0.25) is 5.02 Å². The van der Waals surface area contributed by atoms with Crippen molar-refractivity contribution < 1.29 is 22.7 Å². The number of Topliss-reactive ketones (excluding diaryl/α,β-unsaturated/α-hetero) is 1. The average molecular weight is 476 g/mol. The SMILES string of the molecule is CC(=O)SCC(=O)c1ccc(NS(=O)(=O)c2ccc(Oc3ccc(Cl)cc3)cc2)cc1. The first-order valence-electron chi connectivity index (χ1n) is 9.06. The molecule has 1 N–H and O–H groups in total. The summed E-state index contributed by atoms with van der Waals surface area (Å²) in [6.45, 7) is 1.40. The lowest BCUT2D eigenvalue weighted by Crippen LogP contribution is -2.13. The van der Waals surface area contributed by atoms with Crippen molar-refractivity contribution >= 4 is 50.0 Å². The highest BCUT2D eigenvalue weighted by atomic mass is 35.5. The molecule has 0 atom stereocenters. The number of sulfonamides is 1. The third-order valence-electron chi connectivity index (χ3n) is 4.05. The highest BCUT2D eigenvalue weighted by molar-refractivity contribution is 8.14. The Morgan fingerprint density at radius 2 is 1.45 bits per heavy atom. The maximum atomic E-state index is 12.6. The van der Waals surface area contributed by atoms with Crippen LogP contribution in [0.4, 0.5) is 5.69 Å². The van der Waals surface area contributed by atoms with Gasteiger partial charge in [-0.25, -0.2) is 8.42 Å². The predicted octanol–water partition coefficient (Wildman–Crippen LogP) is 5.40. The van der Waals surface area contributed by atoms with E-state index in [0.29, 0.717) is 27.8 Å². The molecular formula is C22H18ClNO5S2. The van der Waals surface area contributed by atoms with E-state index in [0.717, 1.165) is 11.8 Å². The third kappa shape index (κ3) is 6.58. The second-order valence-corrected chi connectivity index (χ2v) is 9.68. The van der Waals surface area contributed by atoms with Crippen LogP contribution in [0.15, 0.2) is 77.7 Å². The molecule has 0 aliphatic carbocycles. The van der Waals surface area contributed by atoms with Crippen molar-refractivity contribution in [1.29, 1.82) is 0 Å². The molecule has 9 heteroatoms. The lowest BCUT2D eigenvalue weighted by atomic mass is 10.1. The molecule has 0 saturated heterocycles. The minimum atomic E-state index is -3.82. The van der Waals surface area contributed by atoms with E-state index in [9.17, 15) is 18.0 Å². The number of carbonyl (C=O) groups excluding carboxylic acids is 2. The summed E-state index contributed by atoms with van der Waals surface area (Å²) in [6.07, 6.45) is 0. The maximum absolute atomic E-state index is 12.6. The van der Waals surface area contributed by atoms with Crippen molar-refractivity contribution in [2.45, 2.75) is 11.8 Å². The van der Waals surface area contributed by atoms with Crippen LogP contribution in [0.1, 0.15) is 17.3 Å². The minimum Gasteiger partial charge on any atom is -0.457 e. The molecule has 0 spiro atoms. The summed E-state index contributed by atoms with van der Waals surface area (Å²) in [4.78, 5) is 23.1. The molecule has 3 rings (SSSR count). The van der Waals surface area contributed by atoms with Crippen molar-refractivity contribution in [3.8, 4) is 11.5 Å². The summed E-state index contributed by atoms with van der Waals surface area (Å²) in [7, 11) is -3.82. The number of hydrogen-bond acceptors (Lipinski definition) is 6. The van der Waals surface area contributed by atoms with Crippen molar-refractivity contribution in [1.82, 2.24) is 0 Å². The van der Waals surface area contributed by atoms with E-state index in [2.05, 4.69) is 4.72 Å². The molecular weight excluding hydrogens is 458 g/mol. The molecule has 3 aromatic carbocycles. The van der Waals surface area contributed by atoms with Gasteiger partial charge in [0.05, 0.1) is 10.6 Å². The van der Waals surface area contributed by atoms with Crippen LogP contribution >= 0.6 is 23.4 Å². The van der Waals surface area contributed by atoms with Crippen LogP contribution in [0.5, 0.6) is 11.5 Å². The number of rotatable bonds is 8. The van der Waals surface area contributed by atoms with Crippen LogP contribution in [0.25, 0.3) is 0 Å². The number of halogens is 1. The van der Waals surface area contributed by atoms with Gasteiger partial charge >= 0.3 is 0 Å². The van der Waals surface area contributed by atoms with Gasteiger partial charge in [0.2, 0.25) is 0 Å². The van der Waals surface area contributed by atoms with Crippen LogP contribution in [0.3, 0.4) is 0 Å². The van der Waals surface area contributed by atoms with Crippen LogP contribution < -0.4 is 9.46 Å². The van der Waals surface area contributed by atoms with Crippen LogP contribution in [-0.4, -0.2) is 25.1 Å². The fourth-order valence-electron chi connectivity index (χ4n) is 2.51. The van der Waals surface area contributed by atoms with Gasteiger partial charge in [-0.2, -0.15) is 0 Å². The highest BCUT2D eigenvalue weighted by Crippen LogP contribution is 2.25. The van der Waals surface area contributed by atoms with E-state index in [1.165, 1.54) is 43.3 Å². The molecule has 3 aromatic rings. The molecule has 0 unspecified atom stereocenters. The molecule has 0 saturated carbocycles. The fraction of sp³-hybridized carbons (Fsp3) is 0.0909. The Balaban J connectivity index is 1.65. The van der Waals surface area contributed by atoms with Gasteiger partial charge in [0.15, 0.2) is 10.9 Å². The van der Waals surface area contributed by atoms with Crippen LogP contribution in [0, 0.1) is 0 Å². The smallest absolute Gasteiger partial charge is 0.261 e. The van der Waals surface area contributed by atoms with E-state index < -0.39 is 10.0 Å². The maximum Gasteiger partial charge on any atom is 0.261 e. The third-order valence-corrected chi connectivity index (χ3v) is 6.51. The zero-order valence-electron chi connectivity index (χ0n) is 16.4. The first kappa shape index (κ1) is 22.9. The van der Waals surface area contributed by atoms with Crippen molar-refractivity contribution in [3.63, 3.8) is 0 Å². The molecule has 31 heavy (non-hydrogen) atoms. The van der Waals surface area contributed by atoms with E-state index in [1.54, 1.807) is 36.4 Å². The Kier molecular flexibility index (Phi) is 7.37. The number of anilines is 1. The molecule has 0 aliphatic heterocycles. The van der Waals surface area contributed by atoms with Gasteiger partial charge < -0.3 is 4.74 Å². The standard InChI is InChI=1S/C22H18ClNO5S2/c1-15(25)30-14-22(26)16-2-6-18(7-3-16)24-31(27,28)21-12-10-20(11-13-21)29-19-8-4-17(23)5-9-19/h2-13,24H,14H2,1H3. The number of thioether (sulfide) groups is 1. The Morgan fingerprint density at radius 3 is 2.00 bits per heavy atom. The predicted molar refractivity (Wildman–Crippen MR) is 123 cm³/mol. The number of benzene rings is 3. The van der Waals surface area contributed by atoms with E-state index >= 15 is 0 Å². The zero-order valence-corrected chi connectivity index (χ0v) is 18.8. The van der Waals surface area contributed by atoms with E-state index in [-0.39, 0.29) is 21.5 Å². The van der Waals surface area contributed by atoms with Gasteiger partial charge in [-0.1, -0.05) is 23.4 Å². The number of hydrogen-bond donors (Lipinski definition) is 1. The first-order chi connectivity index (χ1) is 14.7. The molecule has 0 aliphatic rings. The monoisotopic (exact) mass is 475 g/mol. The number of nitrogens with one attached hydrogen (secondary N) is 1. The molecule has 0 aromatic heterocycles. The summed E-state index contributed by atoms with van der Waals surface area (Å²) in [6, 6.07) is 18.8. The Bertz CT molecular complexity index is 1180. The van der Waals surface area contributed by atoms with Gasteiger partial charge in [-0.15, -0.1) is 0 Å². The summed E-state index contributed by atoms with van der Waals surface area (Å²) < 4.78 is 33.4. The molecule has 0 fully saturated rings. The quantitative estimate of drug-likeness (QED) is 0.439. The largest absolute Gasteiger partial charge is 0.457 e. The summed E-state index contributed by atoms with van der Waals surface area (Å²) in [5.74, 6) is 0.901. The minimum absolute atomic E-state index is 0.0465. The summed E-state index contributed by atoms with van der Waals surface area (Å²) in [5, 5.41) is 0.453. The van der Waals surface area contributed by atoms with Gasteiger partial charge in [-0.3, -0.25) is 14.3 Å². The number of ether oxygens (including phenoxy) is 1. The topological polar surface area (TPSA) is 89.5 Å². The summed E-state index contributed by atoms with van der Waals surface area (Å²) >= 11 is 6.77. The number of carbonyl (C=O) groups is 2. The normalized spacial score (nSPS) is 11.0. The fourth-order valence-corrected chi connectivity index (χ4v) is 4.20. The second kappa shape index (κ2) is 10.00. The average Bonchev–Trinajstić information content (AvgIpc) is 2.74. The van der Waals surface area contributed by atoms with Gasteiger partial charge in [0.25, 0.3) is 10.0 Å². The van der Waals surface area contributed by atoms with Crippen LogP contribution in [-0.2, 0) is 14.8 Å². The molecule has 160 valence electrons. The van der Waals surface area contributed by atoms with Gasteiger partial charge in [0, 0.05) is 23.2 Å². The Labute approximate surface area is 189 Å². The van der Waals surface area contributed by atoms with E-state index in [1.807, 2.05) is 0 Å². The van der Waals surface area contributed by atoms with Gasteiger partial charge in [-0.05, 0) is 72.8 Å². The lowest BCUT2D eigenvalue weighted by Gasteiger charge is -2.10. The molecule has 0 radical (unpaired) electrons. The molecule has 0 bridgehead atoms. The first-order valence-corrected chi connectivity index (χ1v) is 11.9. The summed E-state index contributed by atoms with van der Waals surface area (Å²) in [5.41, 5.74) is 0.720. The Hall–Kier alpha value is -2.81. The lowest BCUT2D eigenvalue weighted by molar-refractivity contribution is -0.109. The molecule has 0 heterocycles. The second-order valence-electron chi connectivity index (χ2n) is 6.41. The zero-order chi connectivity index (χ0) is 22.4. The molecule has 0 amide bonds. The van der Waals surface area contributed by atoms with E-state index in [4.69, 9.17) is 16.3 Å². The Morgan fingerprint density at radius 1 is 0.903 bits per heavy atom.